The van der Waals surface area contributed by atoms with Crippen molar-refractivity contribution in [2.24, 2.45) is 0 Å². The molecule has 0 amide bonds. The summed E-state index contributed by atoms with van der Waals surface area (Å²) < 4.78 is 8.78. The number of fused-ring (bicyclic) bond motifs is 3. The van der Waals surface area contributed by atoms with Gasteiger partial charge in [0.05, 0.1) is 12.9 Å². The molecule has 4 unspecified atom stereocenters. The van der Waals surface area contributed by atoms with Crippen LogP contribution in [0.15, 0.2) is 11.1 Å². The van der Waals surface area contributed by atoms with Crippen molar-refractivity contribution >= 4 is 23.4 Å². The van der Waals surface area contributed by atoms with Gasteiger partial charge < -0.3 is 19.5 Å². The number of hydrogen-bond donors (Lipinski definition) is 3. The molecule has 2 bridgehead atoms. The second-order valence-corrected chi connectivity index (χ2v) is 5.15. The first-order valence-electron chi connectivity index (χ1n) is 5.79. The van der Waals surface area contributed by atoms with Gasteiger partial charge in [-0.25, -0.2) is 14.3 Å². The normalized spacial score (nSPS) is 32.7. The number of aliphatic hydroxyl groups is 2. The van der Waals surface area contributed by atoms with Crippen LogP contribution < -0.4 is 5.69 Å². The fraction of sp³-hybridized carbons (Fsp3) is 0.500. The molecule has 0 saturated carbocycles. The molecule has 8 nitrogen and oxygen atoms in total. The molecule has 100 valence electrons. The summed E-state index contributed by atoms with van der Waals surface area (Å²) in [5.74, 6) is 0. The number of H-pyrrole nitrogens is 1. The average molecular weight is 282 g/mol. The van der Waals surface area contributed by atoms with Crippen LogP contribution in [-0.2, 0) is 11.3 Å². The Balaban J connectivity index is 2.14. The van der Waals surface area contributed by atoms with Gasteiger partial charge in [-0.15, -0.1) is 0 Å². The number of aliphatic hydroxyl groups excluding tert-OH is 2. The van der Waals surface area contributed by atoms with Crippen LogP contribution in [-0.4, -0.2) is 47.6 Å². The maximum absolute atomic E-state index is 12.1. The lowest BCUT2D eigenvalue weighted by atomic mass is 10.1. The van der Waals surface area contributed by atoms with E-state index in [-0.39, 0.29) is 4.64 Å². The molecular weight excluding hydrogens is 272 g/mol. The van der Waals surface area contributed by atoms with Crippen LogP contribution >= 0.6 is 12.2 Å². The predicted octanol–water partition coefficient (Wildman–Crippen LogP) is -1.11. The molecule has 4 atom stereocenters. The van der Waals surface area contributed by atoms with E-state index in [1.54, 1.807) is 10.9 Å². The molecule has 19 heavy (non-hydrogen) atoms. The van der Waals surface area contributed by atoms with Crippen LogP contribution in [0.1, 0.15) is 6.23 Å². The van der Waals surface area contributed by atoms with Crippen LogP contribution in [0, 0.1) is 4.64 Å². The third-order valence-electron chi connectivity index (χ3n) is 3.66. The quantitative estimate of drug-likeness (QED) is 0.529. The highest BCUT2D eigenvalue weighted by Gasteiger charge is 2.47. The first kappa shape index (κ1) is 11.3. The summed E-state index contributed by atoms with van der Waals surface area (Å²) in [6.45, 7) is 0.309. The smallest absolute Gasteiger partial charge is 0.330 e. The summed E-state index contributed by atoms with van der Waals surface area (Å²) in [5, 5.41) is 19.9. The first-order valence-corrected chi connectivity index (χ1v) is 6.20. The molecule has 0 radical (unpaired) electrons. The van der Waals surface area contributed by atoms with Crippen molar-refractivity contribution in [2.45, 2.75) is 31.1 Å². The highest BCUT2D eigenvalue weighted by Crippen LogP contribution is 2.34. The van der Waals surface area contributed by atoms with Crippen molar-refractivity contribution in [3.05, 3.63) is 21.5 Å². The van der Waals surface area contributed by atoms with Gasteiger partial charge in [-0.05, 0) is 0 Å². The van der Waals surface area contributed by atoms with Crippen LogP contribution in [0.4, 0.5) is 0 Å². The molecule has 2 aromatic rings. The summed E-state index contributed by atoms with van der Waals surface area (Å²) >= 11 is 5.07. The summed E-state index contributed by atoms with van der Waals surface area (Å²) in [5.41, 5.74) is 0.498. The molecule has 2 aliphatic heterocycles. The van der Waals surface area contributed by atoms with E-state index in [9.17, 15) is 15.0 Å². The van der Waals surface area contributed by atoms with Crippen LogP contribution in [0.5, 0.6) is 0 Å². The zero-order valence-corrected chi connectivity index (χ0v) is 10.4. The number of nitrogens with zero attached hydrogens (tertiary/aromatic N) is 3. The van der Waals surface area contributed by atoms with E-state index >= 15 is 0 Å². The minimum atomic E-state index is -1.15. The standard InChI is InChI=1S/C10H10N4O4S/c15-5-3-1-13-2-11-4-7(19)12-10(17)14(8(4)13)9(18-3)6(5)16/h2-3,5-6,9,15-16H,1H2,(H,12,17,19). The topological polar surface area (TPSA) is 105 Å². The Bertz CT molecular complexity index is 793. The van der Waals surface area contributed by atoms with Gasteiger partial charge in [-0.3, -0.25) is 4.98 Å². The third-order valence-corrected chi connectivity index (χ3v) is 3.96. The minimum Gasteiger partial charge on any atom is -0.387 e. The molecular formula is C10H10N4O4S. The molecule has 0 aliphatic carbocycles. The number of aromatic nitrogens is 4. The van der Waals surface area contributed by atoms with Crippen molar-refractivity contribution < 1.29 is 14.9 Å². The second-order valence-electron chi connectivity index (χ2n) is 4.74. The average Bonchev–Trinajstić information content (AvgIpc) is 2.82. The molecule has 1 saturated heterocycles. The van der Waals surface area contributed by atoms with E-state index in [2.05, 4.69) is 9.97 Å². The monoisotopic (exact) mass is 282 g/mol. The molecule has 4 heterocycles. The van der Waals surface area contributed by atoms with Gasteiger partial charge in [-0.2, -0.15) is 0 Å². The van der Waals surface area contributed by atoms with Gasteiger partial charge in [0.25, 0.3) is 0 Å². The first-order chi connectivity index (χ1) is 9.08. The summed E-state index contributed by atoms with van der Waals surface area (Å²) in [6.07, 6.45) is -2.15. The number of hydrogen-bond acceptors (Lipinski definition) is 6. The fourth-order valence-electron chi connectivity index (χ4n) is 2.76. The Kier molecular flexibility index (Phi) is 2.09. The highest BCUT2D eigenvalue weighted by atomic mass is 32.1. The lowest BCUT2D eigenvalue weighted by Gasteiger charge is -2.19. The maximum atomic E-state index is 12.1. The second kappa shape index (κ2) is 3.51. The van der Waals surface area contributed by atoms with Crippen LogP contribution in [0.2, 0.25) is 0 Å². The Morgan fingerprint density at radius 1 is 1.47 bits per heavy atom. The molecule has 3 N–H and O–H groups in total. The van der Waals surface area contributed by atoms with Gasteiger partial charge in [0.1, 0.15) is 34.1 Å². The van der Waals surface area contributed by atoms with Gasteiger partial charge in [0, 0.05) is 0 Å². The van der Waals surface area contributed by atoms with E-state index < -0.39 is 30.2 Å². The van der Waals surface area contributed by atoms with Crippen LogP contribution in [0.25, 0.3) is 11.2 Å². The predicted molar refractivity (Wildman–Crippen MR) is 65.1 cm³/mol. The zero-order valence-electron chi connectivity index (χ0n) is 9.55. The van der Waals surface area contributed by atoms with Gasteiger partial charge in [0.15, 0.2) is 6.23 Å². The Hall–Kier alpha value is -1.55. The molecule has 2 aromatic heterocycles. The molecule has 2 aliphatic rings. The Morgan fingerprint density at radius 2 is 2.26 bits per heavy atom. The number of imidazole rings is 1. The third kappa shape index (κ3) is 1.30. The molecule has 9 heteroatoms. The van der Waals surface area contributed by atoms with E-state index in [0.29, 0.717) is 17.7 Å². The molecule has 4 rings (SSSR count). The fourth-order valence-corrected chi connectivity index (χ4v) is 2.99. The largest absolute Gasteiger partial charge is 0.387 e. The van der Waals surface area contributed by atoms with Crippen molar-refractivity contribution in [3.8, 4) is 0 Å². The van der Waals surface area contributed by atoms with E-state index in [1.807, 2.05) is 0 Å². The minimum absolute atomic E-state index is 0.253. The van der Waals surface area contributed by atoms with Gasteiger partial charge >= 0.3 is 5.69 Å². The van der Waals surface area contributed by atoms with Crippen molar-refractivity contribution in [1.82, 2.24) is 19.1 Å². The lowest BCUT2D eigenvalue weighted by molar-refractivity contribution is -0.0353. The molecule has 0 spiro atoms. The molecule has 1 fully saturated rings. The van der Waals surface area contributed by atoms with Crippen molar-refractivity contribution in [3.63, 3.8) is 0 Å². The summed E-state index contributed by atoms with van der Waals surface area (Å²) in [7, 11) is 0. The van der Waals surface area contributed by atoms with Gasteiger partial charge in [0.2, 0.25) is 0 Å². The van der Waals surface area contributed by atoms with E-state index in [0.717, 1.165) is 0 Å². The number of nitrogens with one attached hydrogen (secondary N) is 1. The van der Waals surface area contributed by atoms with Crippen molar-refractivity contribution in [1.29, 1.82) is 0 Å². The van der Waals surface area contributed by atoms with Gasteiger partial charge in [-0.1, -0.05) is 12.2 Å². The summed E-state index contributed by atoms with van der Waals surface area (Å²) in [6, 6.07) is 0. The van der Waals surface area contributed by atoms with Crippen LogP contribution in [0.3, 0.4) is 0 Å². The number of rotatable bonds is 0. The Morgan fingerprint density at radius 3 is 3.05 bits per heavy atom. The Labute approximate surface area is 110 Å². The molecule has 0 aromatic carbocycles. The zero-order chi connectivity index (χ0) is 13.3. The highest BCUT2D eigenvalue weighted by molar-refractivity contribution is 7.71. The SMILES string of the molecule is O=c1[nH]c(=S)c2ncn3c2n1C1OC(C3)C(O)C1O. The maximum Gasteiger partial charge on any atom is 0.330 e. The van der Waals surface area contributed by atoms with E-state index in [4.69, 9.17) is 17.0 Å². The van der Waals surface area contributed by atoms with Crippen molar-refractivity contribution in [2.75, 3.05) is 0 Å². The van der Waals surface area contributed by atoms with E-state index in [1.165, 1.54) is 4.57 Å². The lowest BCUT2D eigenvalue weighted by Crippen LogP contribution is -2.38. The summed E-state index contributed by atoms with van der Waals surface area (Å²) in [4.78, 5) is 18.8. The number of aromatic amines is 1. The number of ether oxygens (including phenoxy) is 1.